The van der Waals surface area contributed by atoms with Gasteiger partial charge in [-0.3, -0.25) is 9.89 Å². The van der Waals surface area contributed by atoms with Gasteiger partial charge in [0, 0.05) is 25.8 Å². The fourth-order valence-corrected chi connectivity index (χ4v) is 1.30. The van der Waals surface area contributed by atoms with Gasteiger partial charge in [0.2, 0.25) is 5.91 Å². The lowest BCUT2D eigenvalue weighted by molar-refractivity contribution is -0.118. The SMILES string of the molecule is CC(=O)NCCc1nc(C2CC2)n[nH]1. The fraction of sp³-hybridized carbons (Fsp3) is 0.667. The molecule has 1 heterocycles. The first-order valence-electron chi connectivity index (χ1n) is 4.91. The van der Waals surface area contributed by atoms with Crippen LogP contribution in [-0.4, -0.2) is 27.6 Å². The Morgan fingerprint density at radius 3 is 3.07 bits per heavy atom. The Balaban J connectivity index is 1.80. The van der Waals surface area contributed by atoms with E-state index in [2.05, 4.69) is 20.5 Å². The number of nitrogens with zero attached hydrogens (tertiary/aromatic N) is 2. The Hall–Kier alpha value is -1.39. The molecule has 5 heteroatoms. The highest BCUT2D eigenvalue weighted by Gasteiger charge is 2.27. The molecule has 0 atom stereocenters. The first kappa shape index (κ1) is 9.18. The van der Waals surface area contributed by atoms with Crippen LogP contribution in [0.2, 0.25) is 0 Å². The molecular weight excluding hydrogens is 180 g/mol. The average molecular weight is 194 g/mol. The van der Waals surface area contributed by atoms with Gasteiger partial charge in [-0.25, -0.2) is 4.98 Å². The Morgan fingerprint density at radius 2 is 2.43 bits per heavy atom. The standard InChI is InChI=1S/C9H14N4O/c1-6(14)10-5-4-8-11-9(13-12-8)7-2-3-7/h7H,2-5H2,1H3,(H,10,14)(H,11,12,13). The van der Waals surface area contributed by atoms with E-state index in [0.29, 0.717) is 12.5 Å². The summed E-state index contributed by atoms with van der Waals surface area (Å²) in [6.07, 6.45) is 3.14. The summed E-state index contributed by atoms with van der Waals surface area (Å²) in [7, 11) is 0. The van der Waals surface area contributed by atoms with Gasteiger partial charge in [0.15, 0.2) is 5.82 Å². The monoisotopic (exact) mass is 194 g/mol. The van der Waals surface area contributed by atoms with Crippen molar-refractivity contribution in [1.82, 2.24) is 20.5 Å². The maximum absolute atomic E-state index is 10.6. The molecule has 14 heavy (non-hydrogen) atoms. The third kappa shape index (κ3) is 2.31. The minimum Gasteiger partial charge on any atom is -0.356 e. The molecule has 1 fully saturated rings. The van der Waals surface area contributed by atoms with Crippen LogP contribution in [0.5, 0.6) is 0 Å². The Bertz CT molecular complexity index is 329. The minimum absolute atomic E-state index is 0.00747. The van der Waals surface area contributed by atoms with Crippen molar-refractivity contribution >= 4 is 5.91 Å². The Morgan fingerprint density at radius 1 is 1.64 bits per heavy atom. The van der Waals surface area contributed by atoms with E-state index in [9.17, 15) is 4.79 Å². The number of H-pyrrole nitrogens is 1. The largest absolute Gasteiger partial charge is 0.356 e. The molecule has 1 saturated carbocycles. The smallest absolute Gasteiger partial charge is 0.216 e. The van der Waals surface area contributed by atoms with Crippen molar-refractivity contribution in [1.29, 1.82) is 0 Å². The van der Waals surface area contributed by atoms with Crippen LogP contribution in [0, 0.1) is 0 Å². The van der Waals surface area contributed by atoms with Crippen molar-refractivity contribution in [2.45, 2.75) is 32.1 Å². The van der Waals surface area contributed by atoms with Crippen LogP contribution in [-0.2, 0) is 11.2 Å². The lowest BCUT2D eigenvalue weighted by Crippen LogP contribution is -2.22. The topological polar surface area (TPSA) is 70.7 Å². The molecule has 0 bridgehead atoms. The fourth-order valence-electron chi connectivity index (χ4n) is 1.30. The zero-order valence-corrected chi connectivity index (χ0v) is 8.21. The number of carbonyl (C=O) groups is 1. The van der Waals surface area contributed by atoms with Crippen LogP contribution in [0.1, 0.15) is 37.3 Å². The van der Waals surface area contributed by atoms with E-state index < -0.39 is 0 Å². The van der Waals surface area contributed by atoms with E-state index in [0.717, 1.165) is 18.1 Å². The summed E-state index contributed by atoms with van der Waals surface area (Å²) in [4.78, 5) is 15.0. The number of hydrogen-bond acceptors (Lipinski definition) is 3. The van der Waals surface area contributed by atoms with Crippen molar-refractivity contribution in [2.75, 3.05) is 6.54 Å². The number of hydrogen-bond donors (Lipinski definition) is 2. The van der Waals surface area contributed by atoms with E-state index in [1.54, 1.807) is 0 Å². The summed E-state index contributed by atoms with van der Waals surface area (Å²) in [6.45, 7) is 2.13. The maximum Gasteiger partial charge on any atom is 0.216 e. The molecule has 0 saturated heterocycles. The zero-order chi connectivity index (χ0) is 9.97. The highest BCUT2D eigenvalue weighted by Crippen LogP contribution is 2.37. The highest BCUT2D eigenvalue weighted by molar-refractivity contribution is 5.72. The molecule has 1 aromatic rings. The van der Waals surface area contributed by atoms with E-state index in [1.807, 2.05) is 0 Å². The van der Waals surface area contributed by atoms with Gasteiger partial charge < -0.3 is 5.32 Å². The second kappa shape index (κ2) is 3.77. The normalized spacial score (nSPS) is 15.5. The molecule has 2 N–H and O–H groups in total. The molecule has 0 unspecified atom stereocenters. The van der Waals surface area contributed by atoms with E-state index in [1.165, 1.54) is 19.8 Å². The Labute approximate surface area is 82.3 Å². The van der Waals surface area contributed by atoms with Gasteiger partial charge in [-0.05, 0) is 12.8 Å². The molecular formula is C9H14N4O. The quantitative estimate of drug-likeness (QED) is 0.727. The molecule has 2 rings (SSSR count). The molecule has 1 aliphatic carbocycles. The number of aromatic nitrogens is 3. The second-order valence-corrected chi connectivity index (χ2v) is 3.65. The summed E-state index contributed by atoms with van der Waals surface area (Å²) in [5.74, 6) is 2.37. The van der Waals surface area contributed by atoms with Gasteiger partial charge in [-0.2, -0.15) is 5.10 Å². The van der Waals surface area contributed by atoms with Crippen LogP contribution >= 0.6 is 0 Å². The summed E-state index contributed by atoms with van der Waals surface area (Å²) in [5, 5.41) is 9.74. The number of carbonyl (C=O) groups excluding carboxylic acids is 1. The first-order chi connectivity index (χ1) is 6.75. The Kier molecular flexibility index (Phi) is 2.47. The number of nitrogens with one attached hydrogen (secondary N) is 2. The summed E-state index contributed by atoms with van der Waals surface area (Å²) < 4.78 is 0. The first-order valence-corrected chi connectivity index (χ1v) is 4.91. The zero-order valence-electron chi connectivity index (χ0n) is 8.21. The number of rotatable bonds is 4. The molecule has 76 valence electrons. The average Bonchev–Trinajstić information content (AvgIpc) is 2.87. The molecule has 0 radical (unpaired) electrons. The number of amides is 1. The minimum atomic E-state index is -0.00747. The molecule has 0 aromatic carbocycles. The van der Waals surface area contributed by atoms with E-state index >= 15 is 0 Å². The van der Waals surface area contributed by atoms with E-state index in [4.69, 9.17) is 0 Å². The molecule has 0 spiro atoms. The molecule has 1 aromatic heterocycles. The van der Waals surface area contributed by atoms with Crippen LogP contribution in [0.4, 0.5) is 0 Å². The van der Waals surface area contributed by atoms with Crippen LogP contribution in [0.15, 0.2) is 0 Å². The highest BCUT2D eigenvalue weighted by atomic mass is 16.1. The molecule has 1 amide bonds. The lowest BCUT2D eigenvalue weighted by Gasteiger charge is -1.97. The van der Waals surface area contributed by atoms with Gasteiger partial charge >= 0.3 is 0 Å². The third-order valence-electron chi connectivity index (χ3n) is 2.23. The van der Waals surface area contributed by atoms with Gasteiger partial charge in [-0.1, -0.05) is 0 Å². The predicted octanol–water partition coefficient (Wildman–Crippen LogP) is 0.361. The van der Waals surface area contributed by atoms with Crippen molar-refractivity contribution < 1.29 is 4.79 Å². The van der Waals surface area contributed by atoms with Crippen molar-refractivity contribution in [3.8, 4) is 0 Å². The second-order valence-electron chi connectivity index (χ2n) is 3.65. The predicted molar refractivity (Wildman–Crippen MR) is 50.7 cm³/mol. The van der Waals surface area contributed by atoms with Crippen LogP contribution in [0.25, 0.3) is 0 Å². The summed E-state index contributed by atoms with van der Waals surface area (Å²) >= 11 is 0. The molecule has 1 aliphatic rings. The van der Waals surface area contributed by atoms with Gasteiger partial charge in [0.25, 0.3) is 0 Å². The van der Waals surface area contributed by atoms with Crippen LogP contribution in [0.3, 0.4) is 0 Å². The van der Waals surface area contributed by atoms with Crippen molar-refractivity contribution in [3.05, 3.63) is 11.6 Å². The number of aromatic amines is 1. The third-order valence-corrected chi connectivity index (χ3v) is 2.23. The van der Waals surface area contributed by atoms with Gasteiger partial charge in [0.05, 0.1) is 0 Å². The lowest BCUT2D eigenvalue weighted by atomic mass is 10.4. The van der Waals surface area contributed by atoms with Gasteiger partial charge in [-0.15, -0.1) is 0 Å². The van der Waals surface area contributed by atoms with Crippen molar-refractivity contribution in [2.24, 2.45) is 0 Å². The van der Waals surface area contributed by atoms with Crippen molar-refractivity contribution in [3.63, 3.8) is 0 Å². The molecule has 0 aliphatic heterocycles. The maximum atomic E-state index is 10.6. The summed E-state index contributed by atoms with van der Waals surface area (Å²) in [6, 6.07) is 0. The molecule has 5 nitrogen and oxygen atoms in total. The summed E-state index contributed by atoms with van der Waals surface area (Å²) in [5.41, 5.74) is 0. The van der Waals surface area contributed by atoms with Gasteiger partial charge in [0.1, 0.15) is 5.82 Å². The van der Waals surface area contributed by atoms with Crippen LogP contribution < -0.4 is 5.32 Å². The van der Waals surface area contributed by atoms with E-state index in [-0.39, 0.29) is 5.91 Å².